The fraction of sp³-hybridized carbons (Fsp3) is 0.524. The Morgan fingerprint density at radius 2 is 1.58 bits per heavy atom. The Labute approximate surface area is 181 Å². The number of alkyl carbamates (subject to hydrolysis) is 1. The molecule has 0 saturated carbocycles. The summed E-state index contributed by atoms with van der Waals surface area (Å²) >= 11 is 0. The van der Waals surface area contributed by atoms with Crippen molar-refractivity contribution in [2.45, 2.75) is 58.7 Å². The summed E-state index contributed by atoms with van der Waals surface area (Å²) in [6, 6.07) is 2.95. The van der Waals surface area contributed by atoms with E-state index in [0.717, 1.165) is 0 Å². The van der Waals surface area contributed by atoms with E-state index in [9.17, 15) is 24.3 Å². The number of nitrogens with one attached hydrogen (secondary N) is 3. The summed E-state index contributed by atoms with van der Waals surface area (Å²) in [5.41, 5.74) is 0.666. The quantitative estimate of drug-likeness (QED) is 0.348. The van der Waals surface area contributed by atoms with E-state index in [0.29, 0.717) is 12.0 Å². The topological polar surface area (TPSA) is 154 Å². The van der Waals surface area contributed by atoms with E-state index in [1.54, 1.807) is 26.0 Å². The summed E-state index contributed by atoms with van der Waals surface area (Å²) in [5, 5.41) is 25.9. The van der Waals surface area contributed by atoms with Gasteiger partial charge < -0.3 is 30.9 Å². The van der Waals surface area contributed by atoms with E-state index in [-0.39, 0.29) is 24.7 Å². The van der Waals surface area contributed by atoms with Crippen molar-refractivity contribution in [3.05, 3.63) is 29.8 Å². The Bertz CT molecular complexity index is 767. The lowest BCUT2D eigenvalue weighted by Crippen LogP contribution is -2.57. The van der Waals surface area contributed by atoms with Crippen molar-refractivity contribution in [1.29, 1.82) is 0 Å². The Kier molecular flexibility index (Phi) is 10.3. The number of amides is 3. The third-order valence-electron chi connectivity index (χ3n) is 4.78. The molecule has 0 heterocycles. The van der Waals surface area contributed by atoms with Crippen LogP contribution in [-0.2, 0) is 25.5 Å². The van der Waals surface area contributed by atoms with Gasteiger partial charge >= 0.3 is 12.1 Å². The highest BCUT2D eigenvalue weighted by Gasteiger charge is 2.31. The molecule has 0 fully saturated rings. The molecule has 0 bridgehead atoms. The van der Waals surface area contributed by atoms with Gasteiger partial charge in [-0.2, -0.15) is 0 Å². The first-order valence-corrected chi connectivity index (χ1v) is 10.1. The SMILES string of the molecule is CCOC(=O)N[C@@H](Cc1ccc(O)cc1)C(=O)N[C@H](C(=O)N[C@@H](C)C(=O)O)[C@@H](C)CC. The number of aliphatic carboxylic acids is 1. The van der Waals surface area contributed by atoms with Gasteiger partial charge in [-0.25, -0.2) is 4.79 Å². The molecule has 0 aliphatic heterocycles. The Hall–Kier alpha value is -3.30. The first-order chi connectivity index (χ1) is 14.6. The van der Waals surface area contributed by atoms with Gasteiger partial charge in [0.2, 0.25) is 11.8 Å². The molecule has 172 valence electrons. The molecule has 0 unspecified atom stereocenters. The molecule has 1 aromatic rings. The second-order valence-corrected chi connectivity index (χ2v) is 7.23. The fourth-order valence-corrected chi connectivity index (χ4v) is 2.71. The molecule has 3 amide bonds. The van der Waals surface area contributed by atoms with E-state index >= 15 is 0 Å². The molecule has 4 atom stereocenters. The molecule has 10 nitrogen and oxygen atoms in total. The van der Waals surface area contributed by atoms with Crippen molar-refractivity contribution in [2.24, 2.45) is 5.92 Å². The molecule has 0 spiro atoms. The van der Waals surface area contributed by atoms with E-state index in [4.69, 9.17) is 9.84 Å². The first-order valence-electron chi connectivity index (χ1n) is 10.1. The highest BCUT2D eigenvalue weighted by molar-refractivity contribution is 5.93. The number of phenolic OH excluding ortho intramolecular Hbond substituents is 1. The van der Waals surface area contributed by atoms with Crippen LogP contribution in [0.5, 0.6) is 5.75 Å². The summed E-state index contributed by atoms with van der Waals surface area (Å²) in [6.07, 6.45) is -0.149. The van der Waals surface area contributed by atoms with Gasteiger partial charge in [0.15, 0.2) is 0 Å². The molecule has 5 N–H and O–H groups in total. The maximum Gasteiger partial charge on any atom is 0.407 e. The van der Waals surface area contributed by atoms with Gasteiger partial charge in [0, 0.05) is 6.42 Å². The van der Waals surface area contributed by atoms with Crippen LogP contribution < -0.4 is 16.0 Å². The molecule has 31 heavy (non-hydrogen) atoms. The lowest BCUT2D eigenvalue weighted by atomic mass is 9.97. The van der Waals surface area contributed by atoms with Gasteiger partial charge in [-0.3, -0.25) is 14.4 Å². The van der Waals surface area contributed by atoms with Gasteiger partial charge in [-0.05, 0) is 37.5 Å². The summed E-state index contributed by atoms with van der Waals surface area (Å²) in [4.78, 5) is 48.6. The van der Waals surface area contributed by atoms with E-state index in [1.165, 1.54) is 19.1 Å². The maximum atomic E-state index is 13.0. The van der Waals surface area contributed by atoms with Crippen LogP contribution in [0.3, 0.4) is 0 Å². The van der Waals surface area contributed by atoms with E-state index in [1.807, 2.05) is 6.92 Å². The lowest BCUT2D eigenvalue weighted by Gasteiger charge is -2.27. The molecule has 0 saturated heterocycles. The summed E-state index contributed by atoms with van der Waals surface area (Å²) < 4.78 is 4.86. The van der Waals surface area contributed by atoms with Gasteiger partial charge in [-0.1, -0.05) is 32.4 Å². The highest BCUT2D eigenvalue weighted by Crippen LogP contribution is 2.13. The molecular weight excluding hydrogens is 406 g/mol. The molecule has 1 aromatic carbocycles. The van der Waals surface area contributed by atoms with Crippen LogP contribution in [-0.4, -0.2) is 58.8 Å². The number of carboxylic acid groups (broad SMARTS) is 1. The summed E-state index contributed by atoms with van der Waals surface area (Å²) in [5.74, 6) is -2.68. The monoisotopic (exact) mass is 437 g/mol. The van der Waals surface area contributed by atoms with Gasteiger partial charge in [0.25, 0.3) is 0 Å². The normalized spacial score (nSPS) is 14.5. The largest absolute Gasteiger partial charge is 0.508 e. The zero-order valence-electron chi connectivity index (χ0n) is 18.2. The van der Waals surface area contributed by atoms with Crippen molar-refractivity contribution in [3.63, 3.8) is 0 Å². The third kappa shape index (κ3) is 8.53. The molecule has 0 radical (unpaired) electrons. The summed E-state index contributed by atoms with van der Waals surface area (Å²) in [7, 11) is 0. The van der Waals surface area contributed by atoms with Crippen molar-refractivity contribution < 1.29 is 34.1 Å². The number of hydrogen-bond donors (Lipinski definition) is 5. The van der Waals surface area contributed by atoms with E-state index in [2.05, 4.69) is 16.0 Å². The minimum absolute atomic E-state index is 0.0594. The number of carboxylic acids is 1. The molecule has 0 aliphatic rings. The van der Waals surface area contributed by atoms with Crippen LogP contribution in [0.15, 0.2) is 24.3 Å². The predicted octanol–water partition coefficient (Wildman–Crippen LogP) is 1.17. The average molecular weight is 437 g/mol. The molecular formula is C21H31N3O7. The highest BCUT2D eigenvalue weighted by atomic mass is 16.5. The van der Waals surface area contributed by atoms with Crippen LogP contribution in [0.25, 0.3) is 0 Å². The van der Waals surface area contributed by atoms with Crippen LogP contribution in [0, 0.1) is 5.92 Å². The van der Waals surface area contributed by atoms with Crippen molar-refractivity contribution in [2.75, 3.05) is 6.61 Å². The van der Waals surface area contributed by atoms with Crippen molar-refractivity contribution >= 4 is 23.9 Å². The number of phenols is 1. The second kappa shape index (κ2) is 12.4. The number of rotatable bonds is 11. The Morgan fingerprint density at radius 3 is 2.10 bits per heavy atom. The predicted molar refractivity (Wildman–Crippen MR) is 112 cm³/mol. The Balaban J connectivity index is 3.03. The summed E-state index contributed by atoms with van der Waals surface area (Å²) in [6.45, 7) is 6.66. The fourth-order valence-electron chi connectivity index (χ4n) is 2.71. The molecule has 0 aliphatic carbocycles. The van der Waals surface area contributed by atoms with Crippen LogP contribution in [0.4, 0.5) is 4.79 Å². The van der Waals surface area contributed by atoms with Crippen molar-refractivity contribution in [1.82, 2.24) is 16.0 Å². The Morgan fingerprint density at radius 1 is 0.968 bits per heavy atom. The minimum Gasteiger partial charge on any atom is -0.508 e. The molecule has 1 rings (SSSR count). The first kappa shape index (κ1) is 25.7. The van der Waals surface area contributed by atoms with Crippen LogP contribution in [0.2, 0.25) is 0 Å². The minimum atomic E-state index is -1.20. The number of carbonyl (C=O) groups is 4. The smallest absolute Gasteiger partial charge is 0.407 e. The second-order valence-electron chi connectivity index (χ2n) is 7.23. The van der Waals surface area contributed by atoms with Gasteiger partial charge in [0.1, 0.15) is 23.9 Å². The number of aromatic hydroxyl groups is 1. The zero-order chi connectivity index (χ0) is 23.6. The number of benzene rings is 1. The van der Waals surface area contributed by atoms with E-state index < -0.39 is 42.0 Å². The van der Waals surface area contributed by atoms with Crippen molar-refractivity contribution in [3.8, 4) is 5.75 Å². The maximum absolute atomic E-state index is 13.0. The number of carbonyl (C=O) groups excluding carboxylic acids is 3. The van der Waals surface area contributed by atoms with Gasteiger partial charge in [-0.15, -0.1) is 0 Å². The average Bonchev–Trinajstić information content (AvgIpc) is 2.72. The number of hydrogen-bond acceptors (Lipinski definition) is 6. The van der Waals surface area contributed by atoms with Crippen LogP contribution in [0.1, 0.15) is 39.7 Å². The molecule has 10 heteroatoms. The zero-order valence-corrected chi connectivity index (χ0v) is 18.2. The lowest BCUT2D eigenvalue weighted by molar-refractivity contribution is -0.142. The standard InChI is InChI=1S/C21H31N3O7/c1-5-12(3)17(19(27)22-13(4)20(28)29)24-18(26)16(23-21(30)31-6-2)11-14-7-9-15(25)10-8-14/h7-10,12-13,16-17,25H,5-6,11H2,1-4H3,(H,22,27)(H,23,30)(H,24,26)(H,28,29)/t12-,13-,16-,17-/m0/s1. The van der Waals surface area contributed by atoms with Gasteiger partial charge in [0.05, 0.1) is 6.61 Å². The third-order valence-corrected chi connectivity index (χ3v) is 4.78. The van der Waals surface area contributed by atoms with Crippen LogP contribution >= 0.6 is 0 Å². The molecule has 0 aromatic heterocycles. The number of ether oxygens (including phenoxy) is 1.